The molecule has 0 amide bonds. The molecule has 0 aliphatic rings. The van der Waals surface area contributed by atoms with Gasteiger partial charge in [-0.25, -0.2) is 0 Å². The number of halogens is 3. The van der Waals surface area contributed by atoms with Gasteiger partial charge in [0, 0.05) is 12.5 Å². The van der Waals surface area contributed by atoms with E-state index in [1.807, 2.05) is 0 Å². The Morgan fingerprint density at radius 1 is 1.17 bits per heavy atom. The quantitative estimate of drug-likeness (QED) is 0.888. The molecular weight excluding hydrogens is 247 g/mol. The normalized spacial score (nSPS) is 13.2. The van der Waals surface area contributed by atoms with Crippen LogP contribution in [0.1, 0.15) is 24.4 Å². The molecule has 1 aromatic rings. The molecule has 0 aliphatic heterocycles. The number of ether oxygens (including phenoxy) is 2. The highest BCUT2D eigenvalue weighted by Gasteiger charge is 2.28. The maximum Gasteiger partial charge on any atom is 0.389 e. The number of hydrogen-bond donors (Lipinski definition) is 1. The summed E-state index contributed by atoms with van der Waals surface area (Å²) in [5.41, 5.74) is 6.32. The summed E-state index contributed by atoms with van der Waals surface area (Å²) in [4.78, 5) is 0. The summed E-state index contributed by atoms with van der Waals surface area (Å²) < 4.78 is 46.4. The zero-order chi connectivity index (χ0) is 13.8. The molecule has 1 unspecified atom stereocenters. The second-order valence-electron chi connectivity index (χ2n) is 3.87. The second-order valence-corrected chi connectivity index (χ2v) is 3.87. The molecule has 102 valence electrons. The predicted molar refractivity (Wildman–Crippen MR) is 61.8 cm³/mol. The molecule has 18 heavy (non-hydrogen) atoms. The van der Waals surface area contributed by atoms with Gasteiger partial charge in [0.25, 0.3) is 0 Å². The Hall–Kier alpha value is -1.43. The van der Waals surface area contributed by atoms with Crippen molar-refractivity contribution >= 4 is 0 Å². The lowest BCUT2D eigenvalue weighted by Crippen LogP contribution is -2.15. The van der Waals surface area contributed by atoms with Gasteiger partial charge in [-0.2, -0.15) is 13.2 Å². The third-order valence-electron chi connectivity index (χ3n) is 2.57. The Balaban J connectivity index is 2.77. The lowest BCUT2D eigenvalue weighted by Gasteiger charge is -2.15. The van der Waals surface area contributed by atoms with Gasteiger partial charge in [-0.05, 0) is 24.1 Å². The zero-order valence-electron chi connectivity index (χ0n) is 10.3. The van der Waals surface area contributed by atoms with E-state index in [0.29, 0.717) is 17.1 Å². The van der Waals surface area contributed by atoms with E-state index in [9.17, 15) is 13.2 Å². The number of benzene rings is 1. The van der Waals surface area contributed by atoms with Gasteiger partial charge in [0.15, 0.2) is 11.5 Å². The van der Waals surface area contributed by atoms with Crippen LogP contribution in [0.15, 0.2) is 18.2 Å². The second kappa shape index (κ2) is 5.95. The highest BCUT2D eigenvalue weighted by atomic mass is 19.4. The molecule has 3 nitrogen and oxygen atoms in total. The van der Waals surface area contributed by atoms with E-state index in [2.05, 4.69) is 0 Å². The largest absolute Gasteiger partial charge is 0.493 e. The standard InChI is InChI=1S/C12H16F3NO2/c1-17-10-4-3-8(7-11(10)18-2)9(16)5-6-12(13,14)15/h3-4,7,9H,5-6,16H2,1-2H3. The molecule has 1 atom stereocenters. The van der Waals surface area contributed by atoms with Crippen LogP contribution in [0.2, 0.25) is 0 Å². The minimum atomic E-state index is -4.19. The minimum absolute atomic E-state index is 0.154. The van der Waals surface area contributed by atoms with Crippen LogP contribution in [0.4, 0.5) is 13.2 Å². The van der Waals surface area contributed by atoms with Crippen LogP contribution in [0.3, 0.4) is 0 Å². The number of alkyl halides is 3. The summed E-state index contributed by atoms with van der Waals surface area (Å²) in [6.07, 6.45) is -5.24. The van der Waals surface area contributed by atoms with Crippen molar-refractivity contribution in [1.82, 2.24) is 0 Å². The fourth-order valence-corrected chi connectivity index (χ4v) is 1.57. The SMILES string of the molecule is COc1ccc(C(N)CCC(F)(F)F)cc1OC. The van der Waals surface area contributed by atoms with Crippen molar-refractivity contribution in [3.8, 4) is 11.5 Å². The van der Waals surface area contributed by atoms with Crippen molar-refractivity contribution in [3.63, 3.8) is 0 Å². The van der Waals surface area contributed by atoms with Crippen LogP contribution < -0.4 is 15.2 Å². The molecule has 1 rings (SSSR count). The maximum atomic E-state index is 12.1. The Bertz CT molecular complexity index is 393. The molecule has 2 N–H and O–H groups in total. The van der Waals surface area contributed by atoms with Crippen molar-refractivity contribution in [1.29, 1.82) is 0 Å². The molecule has 1 aromatic carbocycles. The number of hydrogen-bond acceptors (Lipinski definition) is 3. The van der Waals surface area contributed by atoms with Crippen LogP contribution in [0.25, 0.3) is 0 Å². The van der Waals surface area contributed by atoms with Crippen molar-refractivity contribution in [2.45, 2.75) is 25.1 Å². The van der Waals surface area contributed by atoms with E-state index in [1.165, 1.54) is 14.2 Å². The van der Waals surface area contributed by atoms with Gasteiger partial charge < -0.3 is 15.2 Å². The van der Waals surface area contributed by atoms with Crippen molar-refractivity contribution in [2.75, 3.05) is 14.2 Å². The lowest BCUT2D eigenvalue weighted by molar-refractivity contribution is -0.136. The molecule has 6 heteroatoms. The average Bonchev–Trinajstić information content (AvgIpc) is 2.34. The minimum Gasteiger partial charge on any atom is -0.493 e. The van der Waals surface area contributed by atoms with Crippen LogP contribution in [-0.4, -0.2) is 20.4 Å². The average molecular weight is 263 g/mol. The van der Waals surface area contributed by atoms with E-state index in [4.69, 9.17) is 15.2 Å². The van der Waals surface area contributed by atoms with Gasteiger partial charge in [-0.1, -0.05) is 6.07 Å². The summed E-state index contributed by atoms with van der Waals surface area (Å²) in [6, 6.07) is 4.19. The number of methoxy groups -OCH3 is 2. The Morgan fingerprint density at radius 3 is 2.28 bits per heavy atom. The summed E-state index contributed by atoms with van der Waals surface area (Å²) in [7, 11) is 2.95. The van der Waals surface area contributed by atoms with Crippen LogP contribution in [-0.2, 0) is 0 Å². The summed E-state index contributed by atoms with van der Waals surface area (Å²) in [5.74, 6) is 0.974. The first kappa shape index (κ1) is 14.6. The van der Waals surface area contributed by atoms with E-state index in [0.717, 1.165) is 0 Å². The van der Waals surface area contributed by atoms with E-state index < -0.39 is 18.6 Å². The van der Waals surface area contributed by atoms with E-state index in [1.54, 1.807) is 18.2 Å². The molecular formula is C12H16F3NO2. The van der Waals surface area contributed by atoms with Crippen LogP contribution in [0, 0.1) is 0 Å². The first-order valence-electron chi connectivity index (χ1n) is 5.41. The molecule has 0 spiro atoms. The van der Waals surface area contributed by atoms with E-state index in [-0.39, 0.29) is 6.42 Å². The van der Waals surface area contributed by atoms with Gasteiger partial charge in [0.1, 0.15) is 0 Å². The van der Waals surface area contributed by atoms with Gasteiger partial charge >= 0.3 is 6.18 Å². The fraction of sp³-hybridized carbons (Fsp3) is 0.500. The molecule has 0 saturated carbocycles. The third-order valence-corrected chi connectivity index (χ3v) is 2.57. The monoisotopic (exact) mass is 263 g/mol. The fourth-order valence-electron chi connectivity index (χ4n) is 1.57. The van der Waals surface area contributed by atoms with Gasteiger partial charge in [-0.3, -0.25) is 0 Å². The molecule has 0 aliphatic carbocycles. The lowest BCUT2D eigenvalue weighted by atomic mass is 10.0. The molecule has 0 heterocycles. The molecule has 0 bridgehead atoms. The van der Waals surface area contributed by atoms with Crippen LogP contribution in [0.5, 0.6) is 11.5 Å². The van der Waals surface area contributed by atoms with Crippen molar-refractivity contribution in [3.05, 3.63) is 23.8 Å². The molecule has 0 aromatic heterocycles. The van der Waals surface area contributed by atoms with Gasteiger partial charge in [0.05, 0.1) is 14.2 Å². The maximum absolute atomic E-state index is 12.1. The predicted octanol–water partition coefficient (Wildman–Crippen LogP) is 3.05. The Kier molecular flexibility index (Phi) is 4.84. The number of rotatable bonds is 5. The summed E-state index contributed by atoms with van der Waals surface area (Å²) >= 11 is 0. The smallest absolute Gasteiger partial charge is 0.389 e. The highest BCUT2D eigenvalue weighted by molar-refractivity contribution is 5.43. The molecule has 0 radical (unpaired) electrons. The number of nitrogens with two attached hydrogens (primary N) is 1. The molecule has 0 fully saturated rings. The van der Waals surface area contributed by atoms with E-state index >= 15 is 0 Å². The highest BCUT2D eigenvalue weighted by Crippen LogP contribution is 2.32. The molecule has 0 saturated heterocycles. The van der Waals surface area contributed by atoms with Crippen molar-refractivity contribution < 1.29 is 22.6 Å². The third kappa shape index (κ3) is 4.10. The van der Waals surface area contributed by atoms with Crippen LogP contribution >= 0.6 is 0 Å². The summed E-state index contributed by atoms with van der Waals surface area (Å²) in [5, 5.41) is 0. The van der Waals surface area contributed by atoms with Gasteiger partial charge in [0.2, 0.25) is 0 Å². The first-order valence-corrected chi connectivity index (χ1v) is 5.41. The van der Waals surface area contributed by atoms with Crippen molar-refractivity contribution in [2.24, 2.45) is 5.73 Å². The Morgan fingerprint density at radius 2 is 1.78 bits per heavy atom. The zero-order valence-corrected chi connectivity index (χ0v) is 10.3. The Labute approximate surface area is 104 Å². The summed E-state index contributed by atoms with van der Waals surface area (Å²) in [6.45, 7) is 0. The first-order chi connectivity index (χ1) is 8.37. The van der Waals surface area contributed by atoms with Gasteiger partial charge in [-0.15, -0.1) is 0 Å². The topological polar surface area (TPSA) is 44.5 Å².